The number of thiazole rings is 1. The Hall–Kier alpha value is -2.67. The second-order valence-electron chi connectivity index (χ2n) is 4.56. The van der Waals surface area contributed by atoms with Gasteiger partial charge in [0.1, 0.15) is 11.4 Å². The van der Waals surface area contributed by atoms with Gasteiger partial charge >= 0.3 is 0 Å². The maximum atomic E-state index is 12.3. The number of carbonyl (C=O) groups is 1. The van der Waals surface area contributed by atoms with Gasteiger partial charge in [-0.05, 0) is 18.2 Å². The minimum absolute atomic E-state index is 0.237. The first-order valence-corrected chi connectivity index (χ1v) is 7.44. The number of nitrogens with one attached hydrogen (secondary N) is 1. The molecule has 1 N–H and O–H groups in total. The Morgan fingerprint density at radius 3 is 2.95 bits per heavy atom. The van der Waals surface area contributed by atoms with Gasteiger partial charge in [-0.15, -0.1) is 11.3 Å². The summed E-state index contributed by atoms with van der Waals surface area (Å²) < 4.78 is 6.76. The lowest BCUT2D eigenvalue weighted by atomic mass is 10.1. The summed E-state index contributed by atoms with van der Waals surface area (Å²) in [6.45, 7) is 0. The van der Waals surface area contributed by atoms with Gasteiger partial charge in [0, 0.05) is 24.2 Å². The average Bonchev–Trinajstić information content (AvgIpc) is 3.17. The van der Waals surface area contributed by atoms with Gasteiger partial charge in [0.2, 0.25) is 0 Å². The Kier molecular flexibility index (Phi) is 3.88. The van der Waals surface area contributed by atoms with Crippen molar-refractivity contribution in [1.82, 2.24) is 14.8 Å². The summed E-state index contributed by atoms with van der Waals surface area (Å²) in [6.07, 6.45) is 1.64. The van der Waals surface area contributed by atoms with Crippen LogP contribution in [-0.2, 0) is 7.05 Å². The molecule has 0 saturated carbocycles. The van der Waals surface area contributed by atoms with Gasteiger partial charge in [0.15, 0.2) is 5.13 Å². The molecular weight excluding hydrogens is 300 g/mol. The highest BCUT2D eigenvalue weighted by molar-refractivity contribution is 7.13. The third kappa shape index (κ3) is 2.84. The molecule has 0 fully saturated rings. The lowest BCUT2D eigenvalue weighted by Crippen LogP contribution is -2.15. The molecule has 0 aliphatic rings. The summed E-state index contributed by atoms with van der Waals surface area (Å²) in [5.74, 6) is 0.510. The Morgan fingerprint density at radius 2 is 2.23 bits per heavy atom. The minimum Gasteiger partial charge on any atom is -0.497 e. The van der Waals surface area contributed by atoms with Crippen molar-refractivity contribution in [3.05, 3.63) is 47.6 Å². The van der Waals surface area contributed by atoms with E-state index in [1.165, 1.54) is 11.3 Å². The maximum absolute atomic E-state index is 12.3. The smallest absolute Gasteiger partial charge is 0.275 e. The molecule has 0 radical (unpaired) electrons. The SMILES string of the molecule is COc1cccc(-c2cc(C(=O)Nc3nccs3)n(C)n2)c1. The first-order valence-electron chi connectivity index (χ1n) is 6.56. The Balaban J connectivity index is 1.88. The second kappa shape index (κ2) is 5.98. The van der Waals surface area contributed by atoms with Crippen molar-refractivity contribution in [3.63, 3.8) is 0 Å². The van der Waals surface area contributed by atoms with Crippen LogP contribution in [0.3, 0.4) is 0 Å². The molecule has 22 heavy (non-hydrogen) atoms. The Morgan fingerprint density at radius 1 is 1.36 bits per heavy atom. The maximum Gasteiger partial charge on any atom is 0.275 e. The van der Waals surface area contributed by atoms with Crippen LogP contribution in [0.4, 0.5) is 5.13 Å². The normalized spacial score (nSPS) is 10.5. The highest BCUT2D eigenvalue weighted by atomic mass is 32.1. The van der Waals surface area contributed by atoms with Crippen LogP contribution < -0.4 is 10.1 Å². The quantitative estimate of drug-likeness (QED) is 0.804. The van der Waals surface area contributed by atoms with Crippen LogP contribution in [-0.4, -0.2) is 27.8 Å². The van der Waals surface area contributed by atoms with Gasteiger partial charge in [-0.3, -0.25) is 14.8 Å². The zero-order valence-electron chi connectivity index (χ0n) is 12.1. The molecule has 6 nitrogen and oxygen atoms in total. The van der Waals surface area contributed by atoms with Crippen LogP contribution in [0.1, 0.15) is 10.5 Å². The zero-order valence-corrected chi connectivity index (χ0v) is 12.9. The molecule has 0 spiro atoms. The molecule has 0 aliphatic heterocycles. The average molecular weight is 314 g/mol. The highest BCUT2D eigenvalue weighted by Gasteiger charge is 2.15. The molecule has 0 atom stereocenters. The number of nitrogens with zero attached hydrogens (tertiary/aromatic N) is 3. The molecule has 2 heterocycles. The van der Waals surface area contributed by atoms with E-state index >= 15 is 0 Å². The van der Waals surface area contributed by atoms with Crippen LogP contribution in [0.15, 0.2) is 41.9 Å². The van der Waals surface area contributed by atoms with Gasteiger partial charge in [0.25, 0.3) is 5.91 Å². The molecule has 1 aromatic carbocycles. The number of benzene rings is 1. The van der Waals surface area contributed by atoms with Crippen molar-refractivity contribution < 1.29 is 9.53 Å². The van der Waals surface area contributed by atoms with Gasteiger partial charge in [-0.2, -0.15) is 5.10 Å². The van der Waals surface area contributed by atoms with E-state index in [0.717, 1.165) is 11.3 Å². The van der Waals surface area contributed by atoms with Crippen molar-refractivity contribution in [2.75, 3.05) is 12.4 Å². The molecule has 7 heteroatoms. The van der Waals surface area contributed by atoms with E-state index < -0.39 is 0 Å². The van der Waals surface area contributed by atoms with Gasteiger partial charge in [-0.1, -0.05) is 12.1 Å². The third-order valence-corrected chi connectivity index (χ3v) is 3.82. The molecule has 2 aromatic heterocycles. The van der Waals surface area contributed by atoms with Crippen molar-refractivity contribution in [2.24, 2.45) is 7.05 Å². The van der Waals surface area contributed by atoms with Crippen molar-refractivity contribution in [2.45, 2.75) is 0 Å². The number of methoxy groups -OCH3 is 1. The van der Waals surface area contributed by atoms with Crippen LogP contribution in [0.5, 0.6) is 5.75 Å². The lowest BCUT2D eigenvalue weighted by molar-refractivity contribution is 0.101. The number of anilines is 1. The van der Waals surface area contributed by atoms with E-state index in [1.54, 1.807) is 36.5 Å². The van der Waals surface area contributed by atoms with E-state index in [9.17, 15) is 4.79 Å². The fourth-order valence-corrected chi connectivity index (χ4v) is 2.57. The summed E-state index contributed by atoms with van der Waals surface area (Å²) in [5.41, 5.74) is 2.07. The number of aryl methyl sites for hydroxylation is 1. The molecule has 0 bridgehead atoms. The minimum atomic E-state index is -0.237. The monoisotopic (exact) mass is 314 g/mol. The standard InChI is InChI=1S/C15H14N4O2S/c1-19-13(14(20)17-15-16-6-7-22-15)9-12(18-19)10-4-3-5-11(8-10)21-2/h3-9H,1-2H3,(H,16,17,20). The highest BCUT2D eigenvalue weighted by Crippen LogP contribution is 2.23. The number of aromatic nitrogens is 3. The van der Waals surface area contributed by atoms with Gasteiger partial charge in [0.05, 0.1) is 12.8 Å². The van der Waals surface area contributed by atoms with Crippen LogP contribution in [0.25, 0.3) is 11.3 Å². The van der Waals surface area contributed by atoms with Crippen LogP contribution >= 0.6 is 11.3 Å². The number of hydrogen-bond acceptors (Lipinski definition) is 5. The van der Waals surface area contributed by atoms with E-state index in [2.05, 4.69) is 15.4 Å². The Labute approximate surface area is 131 Å². The van der Waals surface area contributed by atoms with Gasteiger partial charge < -0.3 is 4.74 Å². The molecule has 0 unspecified atom stereocenters. The molecule has 1 amide bonds. The number of rotatable bonds is 4. The van der Waals surface area contributed by atoms with E-state index in [-0.39, 0.29) is 5.91 Å². The van der Waals surface area contributed by atoms with E-state index in [0.29, 0.717) is 16.5 Å². The number of hydrogen-bond donors (Lipinski definition) is 1. The van der Waals surface area contributed by atoms with Crippen molar-refractivity contribution >= 4 is 22.4 Å². The summed E-state index contributed by atoms with van der Waals surface area (Å²) >= 11 is 1.37. The van der Waals surface area contributed by atoms with E-state index in [1.807, 2.05) is 24.3 Å². The topological polar surface area (TPSA) is 69.0 Å². The Bertz CT molecular complexity index is 796. The molecule has 0 aliphatic carbocycles. The third-order valence-electron chi connectivity index (χ3n) is 3.13. The number of ether oxygens (including phenoxy) is 1. The summed E-state index contributed by atoms with van der Waals surface area (Å²) in [6, 6.07) is 9.30. The van der Waals surface area contributed by atoms with Crippen molar-refractivity contribution in [3.8, 4) is 17.0 Å². The summed E-state index contributed by atoms with van der Waals surface area (Å²) in [5, 5.41) is 9.51. The number of amides is 1. The largest absolute Gasteiger partial charge is 0.497 e. The van der Waals surface area contributed by atoms with Crippen LogP contribution in [0.2, 0.25) is 0 Å². The fraction of sp³-hybridized carbons (Fsp3) is 0.133. The molecule has 3 rings (SSSR count). The van der Waals surface area contributed by atoms with Gasteiger partial charge in [-0.25, -0.2) is 4.98 Å². The summed E-state index contributed by atoms with van der Waals surface area (Å²) in [4.78, 5) is 16.3. The second-order valence-corrected chi connectivity index (χ2v) is 5.46. The zero-order chi connectivity index (χ0) is 15.5. The predicted molar refractivity (Wildman–Crippen MR) is 85.3 cm³/mol. The van der Waals surface area contributed by atoms with Crippen LogP contribution in [0, 0.1) is 0 Å². The van der Waals surface area contributed by atoms with Crippen molar-refractivity contribution in [1.29, 1.82) is 0 Å². The van der Waals surface area contributed by atoms with E-state index in [4.69, 9.17) is 4.74 Å². The first-order chi connectivity index (χ1) is 10.7. The molecule has 112 valence electrons. The molecule has 3 aromatic rings. The number of carbonyl (C=O) groups excluding carboxylic acids is 1. The molecule has 0 saturated heterocycles. The first kappa shape index (κ1) is 14.3. The molecular formula is C15H14N4O2S. The fourth-order valence-electron chi connectivity index (χ4n) is 2.05. The lowest BCUT2D eigenvalue weighted by Gasteiger charge is -2.01. The summed E-state index contributed by atoms with van der Waals surface area (Å²) in [7, 11) is 3.35. The predicted octanol–water partition coefficient (Wildman–Crippen LogP) is 2.80.